The smallest absolute Gasteiger partial charge is 0.321 e. The summed E-state index contributed by atoms with van der Waals surface area (Å²) in [5.41, 5.74) is 0.452. The molecule has 152 valence electrons. The molecule has 0 aromatic heterocycles. The van der Waals surface area contributed by atoms with Crippen molar-refractivity contribution < 1.29 is 14.3 Å². The van der Waals surface area contributed by atoms with Crippen LogP contribution in [0.2, 0.25) is 5.02 Å². The summed E-state index contributed by atoms with van der Waals surface area (Å²) in [4.78, 5) is 29.1. The van der Waals surface area contributed by atoms with Gasteiger partial charge in [0, 0.05) is 42.8 Å². The molecule has 3 atom stereocenters. The number of likely N-dealkylation sites (tertiary alicyclic amines) is 2. The Morgan fingerprint density at radius 3 is 2.50 bits per heavy atom. The number of carbonyl (C=O) groups is 2. The summed E-state index contributed by atoms with van der Waals surface area (Å²) < 4.78 is 6.37. The molecule has 3 aliphatic rings. The van der Waals surface area contributed by atoms with Gasteiger partial charge < -0.3 is 19.9 Å². The normalized spacial score (nSPS) is 30.1. The standard InChI is InChI=1S/C21H28ClN3O3/c1-15-14-25(20(27)23-17-6-4-16(22)5-7-17)13-10-21(15)9-8-18(28-21)19(26)24-11-2-3-12-24/h4-7,15,18H,2-3,8-14H2,1H3,(H,23,27)/t15-,18-,21+/m1/s1. The third-order valence-corrected chi connectivity index (χ3v) is 6.73. The summed E-state index contributed by atoms with van der Waals surface area (Å²) in [7, 11) is 0. The SMILES string of the molecule is C[C@@H]1CN(C(=O)Nc2ccc(Cl)cc2)CC[C@@]12CC[C@H](C(=O)N1CCCC1)O2. The Morgan fingerprint density at radius 2 is 1.82 bits per heavy atom. The molecule has 3 aliphatic heterocycles. The molecule has 1 aromatic rings. The molecule has 1 spiro atoms. The first kappa shape index (κ1) is 19.5. The number of nitrogens with one attached hydrogen (secondary N) is 1. The van der Waals surface area contributed by atoms with Gasteiger partial charge in [-0.1, -0.05) is 18.5 Å². The zero-order valence-electron chi connectivity index (χ0n) is 16.3. The van der Waals surface area contributed by atoms with E-state index in [2.05, 4.69) is 12.2 Å². The fourth-order valence-electron chi connectivity index (χ4n) is 4.72. The highest BCUT2D eigenvalue weighted by Crippen LogP contribution is 2.43. The average Bonchev–Trinajstić information content (AvgIpc) is 3.36. The molecule has 1 aromatic carbocycles. The van der Waals surface area contributed by atoms with Crippen molar-refractivity contribution in [1.82, 2.24) is 9.80 Å². The van der Waals surface area contributed by atoms with Crippen molar-refractivity contribution in [3.8, 4) is 0 Å². The van der Waals surface area contributed by atoms with Gasteiger partial charge in [0.05, 0.1) is 5.60 Å². The number of anilines is 1. The Balaban J connectivity index is 1.34. The van der Waals surface area contributed by atoms with E-state index in [-0.39, 0.29) is 29.6 Å². The Hall–Kier alpha value is -1.79. The number of hydrogen-bond donors (Lipinski definition) is 1. The maximum Gasteiger partial charge on any atom is 0.321 e. The summed E-state index contributed by atoms with van der Waals surface area (Å²) >= 11 is 5.90. The maximum atomic E-state index is 12.7. The third kappa shape index (κ3) is 3.85. The van der Waals surface area contributed by atoms with Crippen LogP contribution in [0.1, 0.15) is 39.0 Å². The lowest BCUT2D eigenvalue weighted by molar-refractivity contribution is -0.154. The highest BCUT2D eigenvalue weighted by atomic mass is 35.5. The molecule has 0 bridgehead atoms. The third-order valence-electron chi connectivity index (χ3n) is 6.48. The van der Waals surface area contributed by atoms with Crippen molar-refractivity contribution in [3.05, 3.63) is 29.3 Å². The van der Waals surface area contributed by atoms with Gasteiger partial charge in [0.1, 0.15) is 6.10 Å². The van der Waals surface area contributed by atoms with Crippen molar-refractivity contribution in [1.29, 1.82) is 0 Å². The zero-order chi connectivity index (χ0) is 19.7. The van der Waals surface area contributed by atoms with Gasteiger partial charge in [0.25, 0.3) is 5.91 Å². The predicted molar refractivity (Wildman–Crippen MR) is 108 cm³/mol. The van der Waals surface area contributed by atoms with Gasteiger partial charge in [-0.25, -0.2) is 4.79 Å². The van der Waals surface area contributed by atoms with Gasteiger partial charge >= 0.3 is 6.03 Å². The molecule has 3 saturated heterocycles. The summed E-state index contributed by atoms with van der Waals surface area (Å²) in [6, 6.07) is 7.00. The largest absolute Gasteiger partial charge is 0.362 e. The first-order chi connectivity index (χ1) is 13.5. The topological polar surface area (TPSA) is 61.9 Å². The quantitative estimate of drug-likeness (QED) is 0.814. The van der Waals surface area contributed by atoms with Crippen molar-refractivity contribution in [2.24, 2.45) is 5.92 Å². The van der Waals surface area contributed by atoms with E-state index in [1.54, 1.807) is 24.3 Å². The van der Waals surface area contributed by atoms with E-state index in [4.69, 9.17) is 16.3 Å². The van der Waals surface area contributed by atoms with Crippen LogP contribution in [-0.4, -0.2) is 59.6 Å². The Labute approximate surface area is 171 Å². The van der Waals surface area contributed by atoms with Gasteiger partial charge in [0.2, 0.25) is 0 Å². The number of nitrogens with zero attached hydrogens (tertiary/aromatic N) is 2. The van der Waals surface area contributed by atoms with Crippen LogP contribution >= 0.6 is 11.6 Å². The van der Waals surface area contributed by atoms with E-state index in [9.17, 15) is 9.59 Å². The number of rotatable bonds is 2. The first-order valence-electron chi connectivity index (χ1n) is 10.2. The second-order valence-corrected chi connectivity index (χ2v) is 8.71. The number of halogens is 1. The van der Waals surface area contributed by atoms with Gasteiger partial charge in [-0.3, -0.25) is 4.79 Å². The summed E-state index contributed by atoms with van der Waals surface area (Å²) in [6.07, 6.45) is 4.33. The second kappa shape index (κ2) is 7.91. The number of piperidine rings is 1. The van der Waals surface area contributed by atoms with E-state index < -0.39 is 0 Å². The van der Waals surface area contributed by atoms with Gasteiger partial charge in [-0.05, 0) is 56.4 Å². The van der Waals surface area contributed by atoms with Crippen LogP contribution in [0.25, 0.3) is 0 Å². The fraction of sp³-hybridized carbons (Fsp3) is 0.619. The molecule has 0 radical (unpaired) electrons. The first-order valence-corrected chi connectivity index (χ1v) is 10.6. The molecule has 3 heterocycles. The molecule has 3 fully saturated rings. The molecule has 4 rings (SSSR count). The zero-order valence-corrected chi connectivity index (χ0v) is 17.1. The average molecular weight is 406 g/mol. The van der Waals surface area contributed by atoms with E-state index in [1.807, 2.05) is 9.80 Å². The van der Waals surface area contributed by atoms with Gasteiger partial charge in [-0.15, -0.1) is 0 Å². The van der Waals surface area contributed by atoms with E-state index in [1.165, 1.54) is 0 Å². The lowest BCUT2D eigenvalue weighted by Crippen LogP contribution is -2.54. The lowest BCUT2D eigenvalue weighted by atomic mass is 9.80. The number of ether oxygens (including phenoxy) is 1. The summed E-state index contributed by atoms with van der Waals surface area (Å²) in [6.45, 7) is 5.11. The number of urea groups is 1. The van der Waals surface area contributed by atoms with Crippen LogP contribution in [0.4, 0.5) is 10.5 Å². The maximum absolute atomic E-state index is 12.7. The van der Waals surface area contributed by atoms with E-state index >= 15 is 0 Å². The molecule has 6 nitrogen and oxygen atoms in total. The highest BCUT2D eigenvalue weighted by Gasteiger charge is 2.50. The van der Waals surface area contributed by atoms with Crippen molar-refractivity contribution >= 4 is 29.2 Å². The molecule has 7 heteroatoms. The molecule has 0 aliphatic carbocycles. The van der Waals surface area contributed by atoms with E-state index in [0.29, 0.717) is 18.1 Å². The lowest BCUT2D eigenvalue weighted by Gasteiger charge is -2.44. The monoisotopic (exact) mass is 405 g/mol. The van der Waals surface area contributed by atoms with E-state index in [0.717, 1.165) is 50.9 Å². The molecular weight excluding hydrogens is 378 g/mol. The minimum Gasteiger partial charge on any atom is -0.362 e. The van der Waals surface area contributed by atoms with Crippen molar-refractivity contribution in [2.45, 2.75) is 50.7 Å². The number of hydrogen-bond acceptors (Lipinski definition) is 3. The van der Waals surface area contributed by atoms with Crippen molar-refractivity contribution in [2.75, 3.05) is 31.5 Å². The minimum atomic E-state index is -0.310. The molecule has 1 N–H and O–H groups in total. The van der Waals surface area contributed by atoms with Crippen LogP contribution in [0.15, 0.2) is 24.3 Å². The van der Waals surface area contributed by atoms with Crippen LogP contribution in [-0.2, 0) is 9.53 Å². The predicted octanol–water partition coefficient (Wildman–Crippen LogP) is 3.75. The van der Waals surface area contributed by atoms with Gasteiger partial charge in [0.15, 0.2) is 0 Å². The van der Waals surface area contributed by atoms with Crippen LogP contribution < -0.4 is 5.32 Å². The Morgan fingerprint density at radius 1 is 1.11 bits per heavy atom. The van der Waals surface area contributed by atoms with Crippen molar-refractivity contribution in [3.63, 3.8) is 0 Å². The number of amides is 3. The molecular formula is C21H28ClN3O3. The second-order valence-electron chi connectivity index (χ2n) is 8.28. The molecule has 0 saturated carbocycles. The van der Waals surface area contributed by atoms with Crippen LogP contribution in [0, 0.1) is 5.92 Å². The fourth-order valence-corrected chi connectivity index (χ4v) is 4.84. The molecule has 28 heavy (non-hydrogen) atoms. The minimum absolute atomic E-state index is 0.105. The van der Waals surface area contributed by atoms with Gasteiger partial charge in [-0.2, -0.15) is 0 Å². The summed E-state index contributed by atoms with van der Waals surface area (Å²) in [5.74, 6) is 0.345. The Kier molecular flexibility index (Phi) is 5.52. The van der Waals surface area contributed by atoms with Crippen LogP contribution in [0.5, 0.6) is 0 Å². The molecule has 0 unspecified atom stereocenters. The molecule has 3 amide bonds. The summed E-state index contributed by atoms with van der Waals surface area (Å²) in [5, 5.41) is 3.57. The Bertz CT molecular complexity index is 735. The number of carbonyl (C=O) groups excluding carboxylic acids is 2. The highest BCUT2D eigenvalue weighted by molar-refractivity contribution is 6.30. The number of benzene rings is 1. The van der Waals surface area contributed by atoms with Crippen LogP contribution in [0.3, 0.4) is 0 Å².